The molecule has 0 radical (unpaired) electrons. The van der Waals surface area contributed by atoms with Crippen molar-refractivity contribution in [2.75, 3.05) is 11.5 Å². The normalized spacial score (nSPS) is 14.3. The van der Waals surface area contributed by atoms with E-state index in [4.69, 9.17) is 4.74 Å². The van der Waals surface area contributed by atoms with Crippen molar-refractivity contribution in [2.45, 2.75) is 6.42 Å². The Morgan fingerprint density at radius 2 is 1.85 bits per heavy atom. The van der Waals surface area contributed by atoms with E-state index in [-0.39, 0.29) is 11.8 Å². The molecule has 0 N–H and O–H groups in total. The molecule has 0 saturated heterocycles. The van der Waals surface area contributed by atoms with Gasteiger partial charge in [0.05, 0.1) is 11.9 Å². The number of hydrogen-bond acceptors (Lipinski definition) is 3. The molecular formula is C16H15NO3. The molecule has 0 bridgehead atoms. The maximum absolute atomic E-state index is 11.7. The molecule has 1 aliphatic heterocycles. The van der Waals surface area contributed by atoms with Gasteiger partial charge in [0.15, 0.2) is 0 Å². The molecule has 0 fully saturated rings. The highest BCUT2D eigenvalue weighted by molar-refractivity contribution is 6.28. The van der Waals surface area contributed by atoms with Gasteiger partial charge in [-0.3, -0.25) is 9.59 Å². The summed E-state index contributed by atoms with van der Waals surface area (Å²) < 4.78 is 5.15. The van der Waals surface area contributed by atoms with Crippen LogP contribution in [-0.2, 0) is 20.7 Å². The third-order valence-corrected chi connectivity index (χ3v) is 2.79. The Morgan fingerprint density at radius 3 is 2.55 bits per heavy atom. The van der Waals surface area contributed by atoms with Gasteiger partial charge in [-0.05, 0) is 24.1 Å². The topological polar surface area (TPSA) is 46.6 Å². The first-order valence-electron chi connectivity index (χ1n) is 6.25. The lowest BCUT2D eigenvalue weighted by molar-refractivity contribution is -0.119. The smallest absolute Gasteiger partial charge is 0.258 e. The second-order valence-corrected chi connectivity index (χ2v) is 4.17. The number of carbonyl (C=O) groups is 2. The lowest BCUT2D eigenvalue weighted by atomic mass is 10.1. The Bertz CT molecular complexity index is 569. The fourth-order valence-electron chi connectivity index (χ4n) is 1.91. The Kier molecular flexibility index (Phi) is 4.50. The van der Waals surface area contributed by atoms with Gasteiger partial charge in [-0.15, -0.1) is 0 Å². The highest BCUT2D eigenvalue weighted by Gasteiger charge is 2.26. The number of allylic oxidation sites excluding steroid dienone is 1. The number of imide groups is 1. The van der Waals surface area contributed by atoms with Crippen molar-refractivity contribution in [3.8, 4) is 0 Å². The molecule has 0 spiro atoms. The predicted octanol–water partition coefficient (Wildman–Crippen LogP) is 2.37. The monoisotopic (exact) mass is 269 g/mol. The van der Waals surface area contributed by atoms with Crippen molar-refractivity contribution < 1.29 is 14.3 Å². The number of para-hydroxylation sites is 1. The van der Waals surface area contributed by atoms with Crippen LogP contribution in [0.4, 0.5) is 5.69 Å². The van der Waals surface area contributed by atoms with E-state index >= 15 is 0 Å². The molecule has 4 nitrogen and oxygen atoms in total. The van der Waals surface area contributed by atoms with Crippen LogP contribution in [0.25, 0.3) is 0 Å². The average Bonchev–Trinajstić information content (AvgIpc) is 2.79. The molecule has 2 rings (SSSR count). The van der Waals surface area contributed by atoms with Crippen molar-refractivity contribution in [1.82, 2.24) is 0 Å². The molecule has 0 saturated carbocycles. The summed E-state index contributed by atoms with van der Waals surface area (Å²) in [7, 11) is 0. The third-order valence-electron chi connectivity index (χ3n) is 2.79. The highest BCUT2D eigenvalue weighted by atomic mass is 16.5. The van der Waals surface area contributed by atoms with Gasteiger partial charge in [-0.25, -0.2) is 4.90 Å². The molecule has 0 aliphatic carbocycles. The van der Waals surface area contributed by atoms with Gasteiger partial charge in [0.25, 0.3) is 11.8 Å². The van der Waals surface area contributed by atoms with Crippen molar-refractivity contribution in [3.63, 3.8) is 0 Å². The van der Waals surface area contributed by atoms with Crippen LogP contribution < -0.4 is 4.90 Å². The molecule has 1 aromatic carbocycles. The number of hydrogen-bond donors (Lipinski definition) is 0. The summed E-state index contributed by atoms with van der Waals surface area (Å²) >= 11 is 0. The highest BCUT2D eigenvalue weighted by Crippen LogP contribution is 2.24. The largest absolute Gasteiger partial charge is 0.497 e. The number of nitrogens with zero attached hydrogens (tertiary/aromatic N) is 1. The summed E-state index contributed by atoms with van der Waals surface area (Å²) in [5, 5.41) is 0. The van der Waals surface area contributed by atoms with Crippen LogP contribution in [0.1, 0.15) is 5.56 Å². The number of benzene rings is 1. The van der Waals surface area contributed by atoms with Crippen molar-refractivity contribution in [1.29, 1.82) is 0 Å². The van der Waals surface area contributed by atoms with E-state index in [0.717, 1.165) is 5.56 Å². The van der Waals surface area contributed by atoms with Crippen LogP contribution in [0.5, 0.6) is 0 Å². The molecule has 20 heavy (non-hydrogen) atoms. The number of anilines is 1. The SMILES string of the molecule is C=CCOC=CCc1ccccc1N1C(=O)C=CC1=O. The zero-order chi connectivity index (χ0) is 14.4. The van der Waals surface area contributed by atoms with E-state index in [0.29, 0.717) is 18.7 Å². The molecule has 0 atom stereocenters. The quantitative estimate of drug-likeness (QED) is 0.345. The summed E-state index contributed by atoms with van der Waals surface area (Å²) in [5.74, 6) is -0.622. The fraction of sp³-hybridized carbons (Fsp3) is 0.125. The average molecular weight is 269 g/mol. The summed E-state index contributed by atoms with van der Waals surface area (Å²) in [4.78, 5) is 24.6. The Hall–Kier alpha value is -2.62. The molecule has 4 heteroatoms. The summed E-state index contributed by atoms with van der Waals surface area (Å²) in [5.41, 5.74) is 1.50. The number of ether oxygens (including phenoxy) is 1. The van der Waals surface area contributed by atoms with Gasteiger partial charge < -0.3 is 4.74 Å². The van der Waals surface area contributed by atoms with E-state index in [2.05, 4.69) is 6.58 Å². The molecule has 1 aliphatic rings. The number of amides is 2. The van der Waals surface area contributed by atoms with Gasteiger partial charge in [0.2, 0.25) is 0 Å². The molecule has 2 amide bonds. The molecular weight excluding hydrogens is 254 g/mol. The Labute approximate surface area is 117 Å². The first-order chi connectivity index (χ1) is 9.74. The summed E-state index contributed by atoms with van der Waals surface area (Å²) in [6.45, 7) is 4.00. The zero-order valence-electron chi connectivity index (χ0n) is 11.0. The number of carbonyl (C=O) groups excluding carboxylic acids is 2. The van der Waals surface area contributed by atoms with Crippen LogP contribution in [0.15, 0.2) is 61.4 Å². The van der Waals surface area contributed by atoms with E-state index in [1.807, 2.05) is 18.2 Å². The molecule has 0 aromatic heterocycles. The lowest BCUT2D eigenvalue weighted by Gasteiger charge is -2.17. The maximum Gasteiger partial charge on any atom is 0.258 e. The van der Waals surface area contributed by atoms with Gasteiger partial charge in [-0.1, -0.05) is 30.9 Å². The van der Waals surface area contributed by atoms with Gasteiger partial charge in [-0.2, -0.15) is 0 Å². The molecule has 1 aromatic rings. The first kappa shape index (κ1) is 13.8. The van der Waals surface area contributed by atoms with E-state index in [1.54, 1.807) is 24.5 Å². The fourth-order valence-corrected chi connectivity index (χ4v) is 1.91. The van der Waals surface area contributed by atoms with Crippen LogP contribution >= 0.6 is 0 Å². The minimum Gasteiger partial charge on any atom is -0.497 e. The zero-order valence-corrected chi connectivity index (χ0v) is 11.0. The predicted molar refractivity (Wildman–Crippen MR) is 77.1 cm³/mol. The van der Waals surface area contributed by atoms with Crippen LogP contribution in [0, 0.1) is 0 Å². The molecule has 0 unspecified atom stereocenters. The Balaban J connectivity index is 2.14. The van der Waals surface area contributed by atoms with Gasteiger partial charge in [0.1, 0.15) is 6.61 Å². The van der Waals surface area contributed by atoms with Crippen LogP contribution in [0.3, 0.4) is 0 Å². The van der Waals surface area contributed by atoms with Crippen LogP contribution in [-0.4, -0.2) is 18.4 Å². The van der Waals surface area contributed by atoms with Crippen molar-refractivity contribution >= 4 is 17.5 Å². The Morgan fingerprint density at radius 1 is 1.15 bits per heavy atom. The summed E-state index contributed by atoms with van der Waals surface area (Å²) in [6.07, 6.45) is 8.21. The minimum absolute atomic E-state index is 0.311. The number of rotatable bonds is 6. The van der Waals surface area contributed by atoms with E-state index in [9.17, 15) is 9.59 Å². The molecule has 1 heterocycles. The maximum atomic E-state index is 11.7. The minimum atomic E-state index is -0.311. The van der Waals surface area contributed by atoms with Crippen molar-refractivity contribution in [3.05, 3.63) is 67.0 Å². The van der Waals surface area contributed by atoms with Gasteiger partial charge in [0, 0.05) is 12.2 Å². The van der Waals surface area contributed by atoms with E-state index in [1.165, 1.54) is 17.1 Å². The first-order valence-corrected chi connectivity index (χ1v) is 6.25. The lowest BCUT2D eigenvalue weighted by Crippen LogP contribution is -2.30. The standard InChI is InChI=1S/C16H15NO3/c1-2-11-20-12-5-7-13-6-3-4-8-14(13)17-15(18)9-10-16(17)19/h2-6,8-10,12H,1,7,11H2. The third kappa shape index (κ3) is 3.03. The molecule has 102 valence electrons. The second-order valence-electron chi connectivity index (χ2n) is 4.17. The van der Waals surface area contributed by atoms with Gasteiger partial charge >= 0.3 is 0 Å². The summed E-state index contributed by atoms with van der Waals surface area (Å²) in [6, 6.07) is 7.31. The van der Waals surface area contributed by atoms with E-state index < -0.39 is 0 Å². The van der Waals surface area contributed by atoms with Crippen molar-refractivity contribution in [2.24, 2.45) is 0 Å². The second kappa shape index (κ2) is 6.52. The van der Waals surface area contributed by atoms with Crippen LogP contribution in [0.2, 0.25) is 0 Å².